The number of nitrogens with one attached hydrogen (secondary N) is 2. The number of hydrogen-bond donors (Lipinski definition) is 2. The van der Waals surface area contributed by atoms with Gasteiger partial charge in [0, 0.05) is 31.3 Å². The van der Waals surface area contributed by atoms with Crippen molar-refractivity contribution in [2.24, 2.45) is 0 Å². The van der Waals surface area contributed by atoms with Gasteiger partial charge in [0.25, 0.3) is 0 Å². The first-order chi connectivity index (χ1) is 19.6. The molecule has 0 unspecified atom stereocenters. The minimum atomic E-state index is -0.783. The second-order valence-electron chi connectivity index (χ2n) is 11.8. The third kappa shape index (κ3) is 6.82. The van der Waals surface area contributed by atoms with Crippen molar-refractivity contribution in [2.75, 3.05) is 32.6 Å². The van der Waals surface area contributed by atoms with Gasteiger partial charge in [-0.15, -0.1) is 0 Å². The standard InChI is InChI=1S/C31H39N5O5/c1-31(2,3)41-30(38)36-19-21-6-8-25(39-5)14-22(21)15-27(36)29(37)34-26-9-7-20(23-17-32-33-18-23)16-28(26)40-24-10-12-35(4)13-11-24/h6-9,14,16-18,24,27H,10-13,15,19H2,1-5H3,(H,32,33)(H,34,37)/t27-/m1/s1. The molecule has 0 spiro atoms. The van der Waals surface area contributed by atoms with Gasteiger partial charge < -0.3 is 24.4 Å². The summed E-state index contributed by atoms with van der Waals surface area (Å²) in [5.41, 5.74) is 3.62. The predicted octanol–water partition coefficient (Wildman–Crippen LogP) is 4.86. The number of benzene rings is 2. The van der Waals surface area contributed by atoms with Crippen molar-refractivity contribution in [2.45, 2.75) is 64.3 Å². The summed E-state index contributed by atoms with van der Waals surface area (Å²) in [7, 11) is 3.72. The Labute approximate surface area is 241 Å². The molecule has 2 amide bonds. The van der Waals surface area contributed by atoms with Crippen LogP contribution in [-0.2, 0) is 22.5 Å². The van der Waals surface area contributed by atoms with Crippen molar-refractivity contribution in [1.82, 2.24) is 20.0 Å². The van der Waals surface area contributed by atoms with Gasteiger partial charge in [-0.1, -0.05) is 12.1 Å². The second kappa shape index (κ2) is 11.8. The van der Waals surface area contributed by atoms with Crippen LogP contribution in [0.2, 0.25) is 0 Å². The van der Waals surface area contributed by atoms with E-state index >= 15 is 0 Å². The Morgan fingerprint density at radius 2 is 1.83 bits per heavy atom. The summed E-state index contributed by atoms with van der Waals surface area (Å²) >= 11 is 0. The van der Waals surface area contributed by atoms with Gasteiger partial charge in [0.05, 0.1) is 25.5 Å². The van der Waals surface area contributed by atoms with Gasteiger partial charge in [0.1, 0.15) is 29.2 Å². The molecule has 5 rings (SSSR count). The number of ether oxygens (including phenoxy) is 3. The van der Waals surface area contributed by atoms with E-state index in [9.17, 15) is 9.59 Å². The van der Waals surface area contributed by atoms with E-state index in [2.05, 4.69) is 27.5 Å². The van der Waals surface area contributed by atoms with Crippen LogP contribution in [0.4, 0.5) is 10.5 Å². The molecular formula is C31H39N5O5. The first-order valence-corrected chi connectivity index (χ1v) is 14.0. The molecule has 2 aromatic carbocycles. The SMILES string of the molecule is COc1ccc2c(c1)C[C@H](C(=O)Nc1ccc(-c3cn[nH]c3)cc1OC1CCN(C)CC1)N(C(=O)OC(C)(C)C)C2. The highest BCUT2D eigenvalue weighted by molar-refractivity contribution is 5.98. The van der Waals surface area contributed by atoms with Gasteiger partial charge >= 0.3 is 6.09 Å². The number of piperidine rings is 1. The fourth-order valence-corrected chi connectivity index (χ4v) is 5.24. The third-order valence-corrected chi connectivity index (χ3v) is 7.50. The molecule has 0 bridgehead atoms. The fourth-order valence-electron chi connectivity index (χ4n) is 5.24. The van der Waals surface area contributed by atoms with Gasteiger partial charge in [-0.05, 0) is 81.6 Å². The molecule has 0 saturated carbocycles. The number of anilines is 1. The number of aromatic nitrogens is 2. The van der Waals surface area contributed by atoms with E-state index in [0.29, 0.717) is 23.6 Å². The van der Waals surface area contributed by atoms with Crippen LogP contribution >= 0.6 is 0 Å². The predicted molar refractivity (Wildman–Crippen MR) is 156 cm³/mol. The second-order valence-corrected chi connectivity index (χ2v) is 11.8. The van der Waals surface area contributed by atoms with Crippen LogP contribution in [-0.4, -0.2) is 77.0 Å². The minimum Gasteiger partial charge on any atom is -0.497 e. The highest BCUT2D eigenvalue weighted by Gasteiger charge is 2.37. The third-order valence-electron chi connectivity index (χ3n) is 7.50. The summed E-state index contributed by atoms with van der Waals surface area (Å²) in [6, 6.07) is 10.6. The zero-order chi connectivity index (χ0) is 29.1. The van der Waals surface area contributed by atoms with Crippen LogP contribution in [0.25, 0.3) is 11.1 Å². The monoisotopic (exact) mass is 561 g/mol. The fraction of sp³-hybridized carbons (Fsp3) is 0.452. The van der Waals surface area contributed by atoms with E-state index in [-0.39, 0.29) is 18.6 Å². The number of carbonyl (C=O) groups excluding carboxylic acids is 2. The lowest BCUT2D eigenvalue weighted by Crippen LogP contribution is -2.52. The average molecular weight is 562 g/mol. The highest BCUT2D eigenvalue weighted by atomic mass is 16.6. The molecular weight excluding hydrogens is 522 g/mol. The van der Waals surface area contributed by atoms with E-state index in [1.54, 1.807) is 13.3 Å². The Morgan fingerprint density at radius 1 is 1.05 bits per heavy atom. The van der Waals surface area contributed by atoms with Crippen LogP contribution in [0.1, 0.15) is 44.7 Å². The number of rotatable bonds is 6. The number of aromatic amines is 1. The molecule has 10 nitrogen and oxygen atoms in total. The van der Waals surface area contributed by atoms with Gasteiger partial charge in [-0.3, -0.25) is 14.8 Å². The molecule has 1 aromatic heterocycles. The van der Waals surface area contributed by atoms with Crippen LogP contribution < -0.4 is 14.8 Å². The number of hydrogen-bond acceptors (Lipinski definition) is 7. The Kier molecular flexibility index (Phi) is 8.21. The lowest BCUT2D eigenvalue weighted by molar-refractivity contribution is -0.121. The van der Waals surface area contributed by atoms with E-state index in [4.69, 9.17) is 14.2 Å². The molecule has 3 aromatic rings. The lowest BCUT2D eigenvalue weighted by atomic mass is 9.93. The number of fused-ring (bicyclic) bond motifs is 1. The first-order valence-electron chi connectivity index (χ1n) is 14.0. The highest BCUT2D eigenvalue weighted by Crippen LogP contribution is 2.34. The lowest BCUT2D eigenvalue weighted by Gasteiger charge is -2.37. The number of methoxy groups -OCH3 is 1. The van der Waals surface area contributed by atoms with Crippen LogP contribution in [0, 0.1) is 0 Å². The zero-order valence-corrected chi connectivity index (χ0v) is 24.4. The number of nitrogens with zero attached hydrogens (tertiary/aromatic N) is 3. The maximum absolute atomic E-state index is 13.9. The van der Waals surface area contributed by atoms with Crippen molar-refractivity contribution < 1.29 is 23.8 Å². The summed E-state index contributed by atoms with van der Waals surface area (Å²) in [5, 5.41) is 9.99. The van der Waals surface area contributed by atoms with Crippen LogP contribution in [0.3, 0.4) is 0 Å². The Bertz CT molecular complexity index is 1380. The summed E-state index contributed by atoms with van der Waals surface area (Å²) in [6.45, 7) is 7.60. The number of amides is 2. The quantitative estimate of drug-likeness (QED) is 0.443. The Balaban J connectivity index is 1.44. The largest absolute Gasteiger partial charge is 0.497 e. The maximum Gasteiger partial charge on any atom is 0.411 e. The van der Waals surface area contributed by atoms with Gasteiger partial charge in [0.2, 0.25) is 5.91 Å². The van der Waals surface area contributed by atoms with Crippen molar-refractivity contribution in [3.05, 3.63) is 59.9 Å². The first kappa shape index (κ1) is 28.5. The number of H-pyrrole nitrogens is 1. The molecule has 1 atom stereocenters. The number of carbonyl (C=O) groups is 2. The average Bonchev–Trinajstić information content (AvgIpc) is 3.48. The van der Waals surface area contributed by atoms with Gasteiger partial charge in [0.15, 0.2) is 0 Å². The number of likely N-dealkylation sites (tertiary alicyclic amines) is 1. The molecule has 10 heteroatoms. The van der Waals surface area contributed by atoms with E-state index in [1.807, 2.05) is 63.4 Å². The molecule has 0 aliphatic carbocycles. The zero-order valence-electron chi connectivity index (χ0n) is 24.4. The Hall–Kier alpha value is -4.05. The molecule has 2 N–H and O–H groups in total. The Morgan fingerprint density at radius 3 is 2.51 bits per heavy atom. The van der Waals surface area contributed by atoms with E-state index in [0.717, 1.165) is 48.2 Å². The van der Waals surface area contributed by atoms with E-state index < -0.39 is 17.7 Å². The summed E-state index contributed by atoms with van der Waals surface area (Å²) in [5.74, 6) is 0.985. The van der Waals surface area contributed by atoms with Gasteiger partial charge in [-0.2, -0.15) is 5.10 Å². The normalized spacial score (nSPS) is 18.0. The summed E-state index contributed by atoms with van der Waals surface area (Å²) < 4.78 is 17.6. The molecule has 1 fully saturated rings. The molecule has 1 saturated heterocycles. The van der Waals surface area contributed by atoms with E-state index in [1.165, 1.54) is 4.90 Å². The molecule has 41 heavy (non-hydrogen) atoms. The minimum absolute atomic E-state index is 0.0359. The molecule has 218 valence electrons. The molecule has 3 heterocycles. The van der Waals surface area contributed by atoms with Crippen molar-refractivity contribution >= 4 is 17.7 Å². The molecule has 0 radical (unpaired) electrons. The molecule has 2 aliphatic rings. The maximum atomic E-state index is 13.9. The molecule has 2 aliphatic heterocycles. The summed E-state index contributed by atoms with van der Waals surface area (Å²) in [6.07, 6.45) is 5.20. The summed E-state index contributed by atoms with van der Waals surface area (Å²) in [4.78, 5) is 31.0. The van der Waals surface area contributed by atoms with Crippen molar-refractivity contribution in [3.8, 4) is 22.6 Å². The van der Waals surface area contributed by atoms with Crippen LogP contribution in [0.15, 0.2) is 48.8 Å². The smallest absolute Gasteiger partial charge is 0.411 e. The van der Waals surface area contributed by atoms with Crippen molar-refractivity contribution in [3.63, 3.8) is 0 Å². The van der Waals surface area contributed by atoms with Crippen molar-refractivity contribution in [1.29, 1.82) is 0 Å². The van der Waals surface area contributed by atoms with Gasteiger partial charge in [-0.25, -0.2) is 4.79 Å². The van der Waals surface area contributed by atoms with Crippen LogP contribution in [0.5, 0.6) is 11.5 Å². The topological polar surface area (TPSA) is 109 Å².